The molecule has 0 spiro atoms. The molecule has 1 fully saturated rings. The predicted octanol–water partition coefficient (Wildman–Crippen LogP) is 1.48. The second-order valence-corrected chi connectivity index (χ2v) is 6.43. The Morgan fingerprint density at radius 3 is 2.75 bits per heavy atom. The van der Waals surface area contributed by atoms with Crippen LogP contribution in [0.25, 0.3) is 0 Å². The number of ether oxygens (including phenoxy) is 1. The van der Waals surface area contributed by atoms with E-state index in [1.165, 1.54) is 7.11 Å². The van der Waals surface area contributed by atoms with Crippen molar-refractivity contribution in [3.63, 3.8) is 0 Å². The second kappa shape index (κ2) is 6.80. The zero-order valence-corrected chi connectivity index (χ0v) is 12.2. The Balaban J connectivity index is 1.97. The number of hydrogen-bond acceptors (Lipinski definition) is 5. The monoisotopic (exact) mass is 301 g/mol. The molecule has 3 N–H and O–H groups in total. The Hall–Kier alpha value is -0.750. The van der Waals surface area contributed by atoms with E-state index in [1.807, 2.05) is 30.3 Å². The lowest BCUT2D eigenvalue weighted by Crippen LogP contribution is -2.28. The van der Waals surface area contributed by atoms with Crippen molar-refractivity contribution in [1.29, 1.82) is 0 Å². The van der Waals surface area contributed by atoms with Gasteiger partial charge in [-0.15, -0.1) is 0 Å². The van der Waals surface area contributed by atoms with Crippen molar-refractivity contribution < 1.29 is 23.5 Å². The van der Waals surface area contributed by atoms with Crippen molar-refractivity contribution in [3.05, 3.63) is 35.9 Å². The molecule has 0 aromatic heterocycles. The van der Waals surface area contributed by atoms with Crippen molar-refractivity contribution in [2.75, 3.05) is 13.7 Å². The molecular formula is C13H20NO5P. The lowest BCUT2D eigenvalue weighted by molar-refractivity contribution is -0.0181. The van der Waals surface area contributed by atoms with Crippen molar-refractivity contribution in [3.8, 4) is 0 Å². The summed E-state index contributed by atoms with van der Waals surface area (Å²) in [5, 5.41) is 9.31. The van der Waals surface area contributed by atoms with E-state index in [1.54, 1.807) is 0 Å². The number of aliphatic hydroxyl groups excluding tert-OH is 1. The van der Waals surface area contributed by atoms with Crippen LogP contribution in [-0.4, -0.2) is 37.1 Å². The van der Waals surface area contributed by atoms with Crippen LogP contribution in [-0.2, 0) is 24.8 Å². The van der Waals surface area contributed by atoms with Crippen molar-refractivity contribution in [2.45, 2.75) is 31.2 Å². The molecule has 4 atom stereocenters. The fourth-order valence-corrected chi connectivity index (χ4v) is 3.00. The first-order valence-electron chi connectivity index (χ1n) is 6.47. The summed E-state index contributed by atoms with van der Waals surface area (Å²) in [4.78, 5) is 0. The van der Waals surface area contributed by atoms with Gasteiger partial charge in [-0.05, 0) is 12.0 Å². The van der Waals surface area contributed by atoms with Gasteiger partial charge in [0.15, 0.2) is 0 Å². The zero-order valence-electron chi connectivity index (χ0n) is 11.3. The first kappa shape index (κ1) is 15.6. The molecule has 1 heterocycles. The average molecular weight is 301 g/mol. The first-order valence-corrected chi connectivity index (χ1v) is 8.08. The van der Waals surface area contributed by atoms with Gasteiger partial charge in [0.25, 0.3) is 0 Å². The second-order valence-electron chi connectivity index (χ2n) is 4.77. The zero-order chi connectivity index (χ0) is 14.6. The fourth-order valence-electron chi connectivity index (χ4n) is 2.31. The Kier molecular flexibility index (Phi) is 5.32. The molecule has 2 rings (SSSR count). The van der Waals surface area contributed by atoms with Crippen LogP contribution in [0, 0.1) is 0 Å². The largest absolute Gasteiger partial charge is 0.402 e. The lowest BCUT2D eigenvalue weighted by atomic mass is 10.0. The first-order chi connectivity index (χ1) is 9.54. The molecule has 1 saturated heterocycles. The molecule has 0 aliphatic carbocycles. The van der Waals surface area contributed by atoms with Gasteiger partial charge in [0.2, 0.25) is 0 Å². The van der Waals surface area contributed by atoms with E-state index in [-0.39, 0.29) is 12.7 Å². The van der Waals surface area contributed by atoms with Crippen LogP contribution >= 0.6 is 7.75 Å². The highest BCUT2D eigenvalue weighted by atomic mass is 31.2. The number of benzene rings is 1. The molecule has 20 heavy (non-hydrogen) atoms. The molecule has 6 nitrogen and oxygen atoms in total. The van der Waals surface area contributed by atoms with Gasteiger partial charge in [0.1, 0.15) is 6.10 Å². The minimum absolute atomic E-state index is 0.101. The minimum atomic E-state index is -3.57. The summed E-state index contributed by atoms with van der Waals surface area (Å²) in [5.41, 5.74) is 6.52. The van der Waals surface area contributed by atoms with E-state index in [2.05, 4.69) is 4.52 Å². The highest BCUT2D eigenvalue weighted by Gasteiger charge is 2.39. The number of aliphatic hydroxyl groups is 1. The summed E-state index contributed by atoms with van der Waals surface area (Å²) >= 11 is 0. The molecule has 0 amide bonds. The summed E-state index contributed by atoms with van der Waals surface area (Å²) in [5.74, 6) is 0. The third kappa shape index (κ3) is 4.12. The maximum atomic E-state index is 11.7. The van der Waals surface area contributed by atoms with Crippen LogP contribution in [0.1, 0.15) is 12.0 Å². The third-order valence-corrected chi connectivity index (χ3v) is 4.37. The normalized spacial score (nSPS) is 29.2. The molecule has 1 aliphatic heterocycles. The molecule has 1 aromatic rings. The van der Waals surface area contributed by atoms with Crippen LogP contribution in [0.15, 0.2) is 30.3 Å². The molecule has 1 unspecified atom stereocenters. The summed E-state index contributed by atoms with van der Waals surface area (Å²) in [6, 6.07) is 9.88. The standard InChI is InChI=1S/C13H20NO5P/c1-17-20(14,16)19-12-8-11(18-13(12)9-15)7-10-5-3-2-4-6-10/h2-6,11-13,15H,7-9H2,1H3,(H2,14,16)/t11-,12-,13+,20?/m0/s1. The molecule has 1 aliphatic rings. The molecule has 0 radical (unpaired) electrons. The van der Waals surface area contributed by atoms with E-state index in [0.29, 0.717) is 12.8 Å². The Morgan fingerprint density at radius 2 is 2.15 bits per heavy atom. The molecule has 0 bridgehead atoms. The van der Waals surface area contributed by atoms with Crippen LogP contribution < -0.4 is 5.50 Å². The van der Waals surface area contributed by atoms with Crippen LogP contribution in [0.4, 0.5) is 0 Å². The van der Waals surface area contributed by atoms with E-state index in [9.17, 15) is 9.67 Å². The minimum Gasteiger partial charge on any atom is -0.394 e. The maximum Gasteiger partial charge on any atom is 0.402 e. The van der Waals surface area contributed by atoms with Gasteiger partial charge >= 0.3 is 7.75 Å². The quantitative estimate of drug-likeness (QED) is 0.773. The third-order valence-electron chi connectivity index (χ3n) is 3.30. The molecule has 0 saturated carbocycles. The van der Waals surface area contributed by atoms with Gasteiger partial charge in [-0.2, -0.15) is 0 Å². The highest BCUT2D eigenvalue weighted by molar-refractivity contribution is 7.51. The Morgan fingerprint density at radius 1 is 1.45 bits per heavy atom. The highest BCUT2D eigenvalue weighted by Crippen LogP contribution is 2.43. The summed E-state index contributed by atoms with van der Waals surface area (Å²) in [6.07, 6.45) is 0.0700. The van der Waals surface area contributed by atoms with Crippen molar-refractivity contribution in [2.24, 2.45) is 5.50 Å². The smallest absolute Gasteiger partial charge is 0.394 e. The summed E-state index contributed by atoms with van der Waals surface area (Å²) in [6.45, 7) is -0.209. The van der Waals surface area contributed by atoms with Crippen LogP contribution in [0.2, 0.25) is 0 Å². The van der Waals surface area contributed by atoms with Gasteiger partial charge in [-0.3, -0.25) is 4.52 Å². The summed E-state index contributed by atoms with van der Waals surface area (Å²) < 4.78 is 27.2. The molecule has 1 aromatic carbocycles. The maximum absolute atomic E-state index is 11.7. The van der Waals surface area contributed by atoms with Crippen LogP contribution in [0.3, 0.4) is 0 Å². The molecular weight excluding hydrogens is 281 g/mol. The SMILES string of the molecule is COP(N)(=O)O[C@H]1C[C@H](Cc2ccccc2)O[C@@H]1CO. The molecule has 7 heteroatoms. The van der Waals surface area contributed by atoms with Gasteiger partial charge < -0.3 is 14.4 Å². The fraction of sp³-hybridized carbons (Fsp3) is 0.538. The lowest BCUT2D eigenvalue weighted by Gasteiger charge is -2.19. The van der Waals surface area contributed by atoms with Crippen molar-refractivity contribution >= 4 is 7.75 Å². The number of rotatable bonds is 6. The van der Waals surface area contributed by atoms with Gasteiger partial charge in [-0.1, -0.05) is 30.3 Å². The van der Waals surface area contributed by atoms with E-state index < -0.39 is 20.0 Å². The number of hydrogen-bond donors (Lipinski definition) is 2. The van der Waals surface area contributed by atoms with Crippen molar-refractivity contribution in [1.82, 2.24) is 0 Å². The summed E-state index contributed by atoms with van der Waals surface area (Å²) in [7, 11) is -2.35. The Bertz CT molecular complexity index is 469. The van der Waals surface area contributed by atoms with E-state index in [4.69, 9.17) is 14.8 Å². The predicted molar refractivity (Wildman–Crippen MR) is 74.2 cm³/mol. The van der Waals surface area contributed by atoms with Gasteiger partial charge in [0.05, 0.1) is 18.8 Å². The van der Waals surface area contributed by atoms with Gasteiger partial charge in [0, 0.05) is 13.5 Å². The number of nitrogens with two attached hydrogens (primary N) is 1. The Labute approximate surface area is 118 Å². The molecule has 112 valence electrons. The topological polar surface area (TPSA) is 91.0 Å². The van der Waals surface area contributed by atoms with E-state index in [0.717, 1.165) is 5.56 Å². The average Bonchev–Trinajstić information content (AvgIpc) is 2.81. The van der Waals surface area contributed by atoms with Crippen LogP contribution in [0.5, 0.6) is 0 Å². The van der Waals surface area contributed by atoms with Gasteiger partial charge in [-0.25, -0.2) is 10.1 Å². The van der Waals surface area contributed by atoms with E-state index >= 15 is 0 Å².